The van der Waals surface area contributed by atoms with E-state index in [9.17, 15) is 4.79 Å². The number of hydrogen-bond acceptors (Lipinski definition) is 3. The van der Waals surface area contributed by atoms with Crippen LogP contribution in [0.3, 0.4) is 0 Å². The molecule has 1 aliphatic rings. The molecule has 2 aromatic carbocycles. The Labute approximate surface area is 136 Å². The van der Waals surface area contributed by atoms with Gasteiger partial charge < -0.3 is 14.8 Å². The molecule has 3 rings (SSSR count). The largest absolute Gasteiger partial charge is 0.497 e. The zero-order chi connectivity index (χ0) is 16.2. The number of benzene rings is 2. The quantitative estimate of drug-likeness (QED) is 0.921. The van der Waals surface area contributed by atoms with Crippen LogP contribution >= 0.6 is 0 Å². The summed E-state index contributed by atoms with van der Waals surface area (Å²) in [7, 11) is 3.17. The second-order valence-corrected chi connectivity index (χ2v) is 5.75. The van der Waals surface area contributed by atoms with Crippen molar-refractivity contribution < 1.29 is 14.3 Å². The Balaban J connectivity index is 1.70. The van der Waals surface area contributed by atoms with Gasteiger partial charge in [-0.05, 0) is 48.1 Å². The molecule has 0 atom stereocenters. The van der Waals surface area contributed by atoms with Crippen molar-refractivity contribution in [2.45, 2.75) is 25.7 Å². The molecule has 120 valence electrons. The predicted molar refractivity (Wildman–Crippen MR) is 90.3 cm³/mol. The number of aryl methyl sites for hydroxylation is 2. The van der Waals surface area contributed by atoms with Crippen LogP contribution in [-0.2, 0) is 24.1 Å². The summed E-state index contributed by atoms with van der Waals surface area (Å²) in [5.41, 5.74) is 4.51. The molecule has 4 heteroatoms. The maximum atomic E-state index is 12.3. The van der Waals surface area contributed by atoms with Crippen molar-refractivity contribution in [1.29, 1.82) is 0 Å². The fourth-order valence-electron chi connectivity index (χ4n) is 3.02. The third kappa shape index (κ3) is 3.47. The van der Waals surface area contributed by atoms with E-state index >= 15 is 0 Å². The first-order valence-corrected chi connectivity index (χ1v) is 7.82. The van der Waals surface area contributed by atoms with E-state index in [0.29, 0.717) is 23.6 Å². The van der Waals surface area contributed by atoms with Crippen LogP contribution in [0.1, 0.15) is 23.1 Å². The monoisotopic (exact) mass is 311 g/mol. The van der Waals surface area contributed by atoms with E-state index in [0.717, 1.165) is 18.4 Å². The average molecular weight is 311 g/mol. The normalized spacial score (nSPS) is 12.6. The van der Waals surface area contributed by atoms with Gasteiger partial charge in [0.15, 0.2) is 0 Å². The van der Waals surface area contributed by atoms with Crippen LogP contribution in [-0.4, -0.2) is 20.1 Å². The third-order valence-electron chi connectivity index (χ3n) is 4.21. The molecule has 0 spiro atoms. The Hall–Kier alpha value is -2.49. The minimum Gasteiger partial charge on any atom is -0.497 e. The molecular weight excluding hydrogens is 290 g/mol. The van der Waals surface area contributed by atoms with Crippen LogP contribution in [0.4, 0.5) is 5.69 Å². The number of methoxy groups -OCH3 is 2. The van der Waals surface area contributed by atoms with Gasteiger partial charge in [0, 0.05) is 6.07 Å². The van der Waals surface area contributed by atoms with Gasteiger partial charge in [-0.2, -0.15) is 0 Å². The zero-order valence-corrected chi connectivity index (χ0v) is 13.5. The number of carbonyl (C=O) groups excluding carboxylic acids is 1. The van der Waals surface area contributed by atoms with Crippen molar-refractivity contribution in [2.75, 3.05) is 19.5 Å². The molecule has 0 heterocycles. The first-order valence-electron chi connectivity index (χ1n) is 7.82. The van der Waals surface area contributed by atoms with E-state index in [-0.39, 0.29) is 5.91 Å². The summed E-state index contributed by atoms with van der Waals surface area (Å²) in [6, 6.07) is 11.7. The molecule has 0 radical (unpaired) electrons. The van der Waals surface area contributed by atoms with Gasteiger partial charge in [0.2, 0.25) is 5.91 Å². The summed E-state index contributed by atoms with van der Waals surface area (Å²) in [4.78, 5) is 12.3. The molecule has 0 aromatic heterocycles. The Bertz CT molecular complexity index is 725. The smallest absolute Gasteiger partial charge is 0.228 e. The summed E-state index contributed by atoms with van der Waals surface area (Å²) < 4.78 is 10.5. The molecule has 0 saturated carbocycles. The average Bonchev–Trinajstić information content (AvgIpc) is 3.02. The van der Waals surface area contributed by atoms with Gasteiger partial charge >= 0.3 is 0 Å². The lowest BCUT2D eigenvalue weighted by molar-refractivity contribution is -0.115. The number of nitrogens with one attached hydrogen (secondary N) is 1. The van der Waals surface area contributed by atoms with Crippen molar-refractivity contribution >= 4 is 11.6 Å². The summed E-state index contributed by atoms with van der Waals surface area (Å²) in [5, 5.41) is 2.91. The molecule has 0 aliphatic heterocycles. The summed E-state index contributed by atoms with van der Waals surface area (Å²) in [5.74, 6) is 1.23. The molecular formula is C19H21NO3. The number of rotatable bonds is 5. The third-order valence-corrected chi connectivity index (χ3v) is 4.21. The molecule has 1 aliphatic carbocycles. The second kappa shape index (κ2) is 6.73. The number of hydrogen-bond donors (Lipinski definition) is 1. The molecule has 0 unspecified atom stereocenters. The summed E-state index contributed by atoms with van der Waals surface area (Å²) in [6.07, 6.45) is 3.86. The highest BCUT2D eigenvalue weighted by atomic mass is 16.5. The lowest BCUT2D eigenvalue weighted by Gasteiger charge is -2.12. The van der Waals surface area contributed by atoms with Gasteiger partial charge in [0.1, 0.15) is 11.5 Å². The molecule has 0 bridgehead atoms. The van der Waals surface area contributed by atoms with E-state index in [4.69, 9.17) is 9.47 Å². The van der Waals surface area contributed by atoms with Crippen molar-refractivity contribution in [3.05, 3.63) is 53.1 Å². The number of carbonyl (C=O) groups is 1. The molecule has 1 amide bonds. The van der Waals surface area contributed by atoms with Crippen LogP contribution < -0.4 is 14.8 Å². The highest BCUT2D eigenvalue weighted by Gasteiger charge is 2.13. The number of anilines is 1. The molecule has 0 saturated heterocycles. The number of ether oxygens (including phenoxy) is 2. The van der Waals surface area contributed by atoms with Crippen LogP contribution in [0.15, 0.2) is 36.4 Å². The van der Waals surface area contributed by atoms with Gasteiger partial charge in [-0.25, -0.2) is 0 Å². The van der Waals surface area contributed by atoms with Crippen LogP contribution in [0.25, 0.3) is 0 Å². The summed E-state index contributed by atoms with van der Waals surface area (Å²) in [6.45, 7) is 0. The maximum absolute atomic E-state index is 12.3. The van der Waals surface area contributed by atoms with Crippen molar-refractivity contribution in [1.82, 2.24) is 0 Å². The fraction of sp³-hybridized carbons (Fsp3) is 0.316. The van der Waals surface area contributed by atoms with Crippen LogP contribution in [0.5, 0.6) is 11.5 Å². The SMILES string of the molecule is COc1ccc(NC(=O)Cc2ccc3c(c2)CCC3)c(OC)c1. The highest BCUT2D eigenvalue weighted by molar-refractivity contribution is 5.93. The minimum atomic E-state index is -0.0496. The Morgan fingerprint density at radius 2 is 1.87 bits per heavy atom. The summed E-state index contributed by atoms with van der Waals surface area (Å²) >= 11 is 0. The van der Waals surface area contributed by atoms with Crippen molar-refractivity contribution in [2.24, 2.45) is 0 Å². The molecule has 2 aromatic rings. The maximum Gasteiger partial charge on any atom is 0.228 e. The van der Waals surface area contributed by atoms with Gasteiger partial charge in [-0.1, -0.05) is 18.2 Å². The van der Waals surface area contributed by atoms with Gasteiger partial charge in [0.05, 0.1) is 26.3 Å². The van der Waals surface area contributed by atoms with E-state index in [1.165, 1.54) is 17.5 Å². The van der Waals surface area contributed by atoms with Gasteiger partial charge in [0.25, 0.3) is 0 Å². The van der Waals surface area contributed by atoms with E-state index in [1.807, 2.05) is 0 Å². The van der Waals surface area contributed by atoms with Gasteiger partial charge in [-0.3, -0.25) is 4.79 Å². The minimum absolute atomic E-state index is 0.0496. The Morgan fingerprint density at radius 1 is 1.04 bits per heavy atom. The van der Waals surface area contributed by atoms with Crippen LogP contribution in [0, 0.1) is 0 Å². The standard InChI is InChI=1S/C19H21NO3/c1-22-16-8-9-17(18(12-16)23-2)20-19(21)11-13-6-7-14-4-3-5-15(14)10-13/h6-10,12H,3-5,11H2,1-2H3,(H,20,21). The van der Waals surface area contributed by atoms with Crippen LogP contribution in [0.2, 0.25) is 0 Å². The lowest BCUT2D eigenvalue weighted by Crippen LogP contribution is -2.15. The number of amides is 1. The second-order valence-electron chi connectivity index (χ2n) is 5.75. The topological polar surface area (TPSA) is 47.6 Å². The first kappa shape index (κ1) is 15.4. The highest BCUT2D eigenvalue weighted by Crippen LogP contribution is 2.29. The van der Waals surface area contributed by atoms with E-state index in [1.54, 1.807) is 32.4 Å². The number of fused-ring (bicyclic) bond motifs is 1. The molecule has 0 fully saturated rings. The fourth-order valence-corrected chi connectivity index (χ4v) is 3.02. The molecule has 23 heavy (non-hydrogen) atoms. The first-order chi connectivity index (χ1) is 11.2. The van der Waals surface area contributed by atoms with Crippen molar-refractivity contribution in [3.8, 4) is 11.5 Å². The Kier molecular flexibility index (Phi) is 4.51. The zero-order valence-electron chi connectivity index (χ0n) is 13.5. The molecule has 1 N–H and O–H groups in total. The van der Waals surface area contributed by atoms with E-state index < -0.39 is 0 Å². The lowest BCUT2D eigenvalue weighted by atomic mass is 10.0. The van der Waals surface area contributed by atoms with E-state index in [2.05, 4.69) is 23.5 Å². The predicted octanol–water partition coefficient (Wildman–Crippen LogP) is 3.37. The Morgan fingerprint density at radius 3 is 2.65 bits per heavy atom. The molecule has 4 nitrogen and oxygen atoms in total. The van der Waals surface area contributed by atoms with Gasteiger partial charge in [-0.15, -0.1) is 0 Å². The van der Waals surface area contributed by atoms with Crippen molar-refractivity contribution in [3.63, 3.8) is 0 Å².